The summed E-state index contributed by atoms with van der Waals surface area (Å²) in [7, 11) is 0. The lowest BCUT2D eigenvalue weighted by molar-refractivity contribution is 0.0221. The van der Waals surface area contributed by atoms with Crippen LogP contribution in [-0.2, 0) is 23.1 Å². The van der Waals surface area contributed by atoms with Crippen molar-refractivity contribution in [2.45, 2.75) is 77.4 Å². The number of carbonyl (C=O) groups is 1. The molecule has 0 aromatic carbocycles. The molecule has 0 spiro atoms. The fourth-order valence-electron chi connectivity index (χ4n) is 3.96. The van der Waals surface area contributed by atoms with Gasteiger partial charge in [0.1, 0.15) is 11.4 Å². The van der Waals surface area contributed by atoms with Crippen LogP contribution < -0.4 is 5.56 Å². The maximum Gasteiger partial charge on any atom is 0.410 e. The van der Waals surface area contributed by atoms with Gasteiger partial charge in [0.25, 0.3) is 5.56 Å². The number of amides is 1. The maximum absolute atomic E-state index is 12.9. The van der Waals surface area contributed by atoms with E-state index in [1.807, 2.05) is 33.2 Å². The summed E-state index contributed by atoms with van der Waals surface area (Å²) in [5.41, 5.74) is 2.66. The molecule has 160 valence electrons. The number of ether oxygens (including phenoxy) is 1. The molecule has 4 rings (SSSR count). The summed E-state index contributed by atoms with van der Waals surface area (Å²) in [6, 6.07) is 2.19. The highest BCUT2D eigenvalue weighted by Crippen LogP contribution is 2.52. The zero-order valence-electron chi connectivity index (χ0n) is 18.4. The molecule has 0 radical (unpaired) electrons. The molecule has 3 heterocycles. The number of fused-ring (bicyclic) bond motifs is 1. The molecule has 1 fully saturated rings. The van der Waals surface area contributed by atoms with Crippen molar-refractivity contribution >= 4 is 6.09 Å². The highest BCUT2D eigenvalue weighted by Gasteiger charge is 2.49. The van der Waals surface area contributed by atoms with Crippen molar-refractivity contribution in [2.75, 3.05) is 6.54 Å². The van der Waals surface area contributed by atoms with E-state index in [-0.39, 0.29) is 17.5 Å². The molecule has 0 unspecified atom stereocenters. The lowest BCUT2D eigenvalue weighted by Gasteiger charge is -2.30. The Labute approximate surface area is 176 Å². The van der Waals surface area contributed by atoms with Gasteiger partial charge in [0.05, 0.1) is 23.2 Å². The van der Waals surface area contributed by atoms with E-state index in [0.29, 0.717) is 24.4 Å². The first-order valence-corrected chi connectivity index (χ1v) is 10.6. The quantitative estimate of drug-likeness (QED) is 0.834. The van der Waals surface area contributed by atoms with Crippen molar-refractivity contribution in [2.24, 2.45) is 0 Å². The lowest BCUT2D eigenvalue weighted by atomic mass is 9.92. The number of aromatic nitrogens is 3. The SMILES string of the molecule is CC(C)c1cncc(C2(c3nc4c(c(=O)[nH]3)CN(C(=O)OC(C)(C)C)CC4)CC2)c1. The first kappa shape index (κ1) is 20.6. The van der Waals surface area contributed by atoms with E-state index in [9.17, 15) is 9.59 Å². The first-order chi connectivity index (χ1) is 14.1. The van der Waals surface area contributed by atoms with Crippen LogP contribution in [0, 0.1) is 0 Å². The monoisotopic (exact) mass is 410 g/mol. The lowest BCUT2D eigenvalue weighted by Crippen LogP contribution is -2.42. The average Bonchev–Trinajstić information content (AvgIpc) is 3.48. The summed E-state index contributed by atoms with van der Waals surface area (Å²) >= 11 is 0. The van der Waals surface area contributed by atoms with Gasteiger partial charge in [0.15, 0.2) is 0 Å². The van der Waals surface area contributed by atoms with E-state index in [1.54, 1.807) is 4.90 Å². The van der Waals surface area contributed by atoms with Crippen molar-refractivity contribution < 1.29 is 9.53 Å². The van der Waals surface area contributed by atoms with Crippen LogP contribution in [0.15, 0.2) is 23.3 Å². The summed E-state index contributed by atoms with van der Waals surface area (Å²) in [5.74, 6) is 1.11. The third-order valence-electron chi connectivity index (χ3n) is 5.90. The Bertz CT molecular complexity index is 1030. The van der Waals surface area contributed by atoms with Crippen molar-refractivity contribution in [3.05, 3.63) is 57.0 Å². The fraction of sp³-hybridized carbons (Fsp3) is 0.565. The molecule has 0 atom stereocenters. The van der Waals surface area contributed by atoms with Gasteiger partial charge in [0, 0.05) is 25.4 Å². The van der Waals surface area contributed by atoms with Crippen LogP contribution in [0.1, 0.15) is 81.6 Å². The molecule has 2 aromatic rings. The van der Waals surface area contributed by atoms with Crippen molar-refractivity contribution in [1.82, 2.24) is 19.9 Å². The minimum atomic E-state index is -0.567. The van der Waals surface area contributed by atoms with Crippen molar-refractivity contribution in [3.63, 3.8) is 0 Å². The van der Waals surface area contributed by atoms with E-state index >= 15 is 0 Å². The van der Waals surface area contributed by atoms with Gasteiger partial charge in [-0.3, -0.25) is 9.78 Å². The van der Waals surface area contributed by atoms with Gasteiger partial charge in [-0.1, -0.05) is 19.9 Å². The molecule has 0 bridgehead atoms. The Morgan fingerprint density at radius 1 is 1.27 bits per heavy atom. The molecule has 2 aromatic heterocycles. The molecule has 0 saturated heterocycles. The summed E-state index contributed by atoms with van der Waals surface area (Å²) < 4.78 is 5.46. The number of nitrogens with zero attached hydrogens (tertiary/aromatic N) is 3. The van der Waals surface area contributed by atoms with Gasteiger partial charge in [-0.05, 0) is 50.7 Å². The number of aromatic amines is 1. The third-order valence-corrected chi connectivity index (χ3v) is 5.90. The molecular formula is C23H30N4O3. The molecule has 1 amide bonds. The maximum atomic E-state index is 12.9. The summed E-state index contributed by atoms with van der Waals surface area (Å²) in [5, 5.41) is 0. The third kappa shape index (κ3) is 3.85. The Morgan fingerprint density at radius 2 is 2.00 bits per heavy atom. The summed E-state index contributed by atoms with van der Waals surface area (Å²) in [4.78, 5) is 39.2. The molecule has 2 aliphatic rings. The number of hydrogen-bond acceptors (Lipinski definition) is 5. The van der Waals surface area contributed by atoms with Gasteiger partial charge < -0.3 is 14.6 Å². The first-order valence-electron chi connectivity index (χ1n) is 10.6. The van der Waals surface area contributed by atoms with Gasteiger partial charge in [0.2, 0.25) is 0 Å². The van der Waals surface area contributed by atoms with Crippen LogP contribution in [0.5, 0.6) is 0 Å². The second-order valence-corrected chi connectivity index (χ2v) is 9.74. The largest absolute Gasteiger partial charge is 0.444 e. The molecule has 30 heavy (non-hydrogen) atoms. The van der Waals surface area contributed by atoms with Gasteiger partial charge in [-0.25, -0.2) is 9.78 Å². The van der Waals surface area contributed by atoms with Crippen LogP contribution in [0.4, 0.5) is 4.79 Å². The highest BCUT2D eigenvalue weighted by molar-refractivity contribution is 5.68. The number of carbonyl (C=O) groups excluding carboxylic acids is 1. The number of hydrogen-bond donors (Lipinski definition) is 1. The number of nitrogens with one attached hydrogen (secondary N) is 1. The molecular weight excluding hydrogens is 380 g/mol. The smallest absolute Gasteiger partial charge is 0.410 e. The van der Waals surface area contributed by atoms with E-state index in [4.69, 9.17) is 9.72 Å². The minimum absolute atomic E-state index is 0.164. The van der Waals surface area contributed by atoms with E-state index < -0.39 is 11.7 Å². The van der Waals surface area contributed by atoms with Crippen LogP contribution in [0.2, 0.25) is 0 Å². The van der Waals surface area contributed by atoms with Crippen LogP contribution >= 0.6 is 0 Å². The van der Waals surface area contributed by atoms with E-state index in [1.165, 1.54) is 5.56 Å². The zero-order chi connectivity index (χ0) is 21.7. The average molecular weight is 411 g/mol. The topological polar surface area (TPSA) is 88.2 Å². The molecule has 1 N–H and O–H groups in total. The summed E-state index contributed by atoms with van der Waals surface area (Å²) in [6.45, 7) is 10.5. The van der Waals surface area contributed by atoms with Gasteiger partial charge >= 0.3 is 6.09 Å². The second-order valence-electron chi connectivity index (χ2n) is 9.74. The highest BCUT2D eigenvalue weighted by atomic mass is 16.6. The van der Waals surface area contributed by atoms with Gasteiger partial charge in [-0.15, -0.1) is 0 Å². The van der Waals surface area contributed by atoms with Crippen molar-refractivity contribution in [1.29, 1.82) is 0 Å². The Kier molecular flexibility index (Phi) is 4.95. The summed E-state index contributed by atoms with van der Waals surface area (Å²) in [6.07, 6.45) is 5.84. The zero-order valence-corrected chi connectivity index (χ0v) is 18.4. The van der Waals surface area contributed by atoms with Crippen LogP contribution in [0.3, 0.4) is 0 Å². The van der Waals surface area contributed by atoms with Crippen molar-refractivity contribution in [3.8, 4) is 0 Å². The molecule has 7 nitrogen and oxygen atoms in total. The fourth-order valence-corrected chi connectivity index (χ4v) is 3.96. The molecule has 1 aliphatic carbocycles. The minimum Gasteiger partial charge on any atom is -0.444 e. The predicted molar refractivity (Wildman–Crippen MR) is 114 cm³/mol. The molecule has 1 aliphatic heterocycles. The number of H-pyrrole nitrogens is 1. The standard InChI is InChI=1S/C23H30N4O3/c1-14(2)15-10-16(12-24-11-15)23(7-8-23)20-25-18-6-9-27(13-17(18)19(28)26-20)21(29)30-22(3,4)5/h10-12,14H,6-9,13H2,1-5H3,(H,25,26,28). The van der Waals surface area contributed by atoms with Gasteiger partial charge in [-0.2, -0.15) is 0 Å². The second kappa shape index (κ2) is 7.22. The number of rotatable bonds is 3. The molecule has 7 heteroatoms. The number of pyridine rings is 1. The normalized spacial score (nSPS) is 17.6. The van der Waals surface area contributed by atoms with E-state index in [2.05, 4.69) is 29.9 Å². The van der Waals surface area contributed by atoms with Crippen LogP contribution in [-0.4, -0.2) is 38.1 Å². The Hall–Kier alpha value is -2.70. The van der Waals surface area contributed by atoms with Crippen LogP contribution in [0.25, 0.3) is 0 Å². The van der Waals surface area contributed by atoms with E-state index in [0.717, 1.165) is 29.9 Å². The predicted octanol–water partition coefficient (Wildman–Crippen LogP) is 3.66. The molecule has 1 saturated carbocycles. The Balaban J connectivity index is 1.62. The Morgan fingerprint density at radius 3 is 2.63 bits per heavy atom.